The van der Waals surface area contributed by atoms with Crippen LogP contribution in [0.4, 0.5) is 5.69 Å². The molecule has 2 atom stereocenters. The van der Waals surface area contributed by atoms with E-state index in [0.717, 1.165) is 27.4 Å². The zero-order chi connectivity index (χ0) is 28.7. The molecule has 0 heterocycles. The summed E-state index contributed by atoms with van der Waals surface area (Å²) in [6.07, 6.45) is 0.741. The average molecular weight is 570 g/mol. The summed E-state index contributed by atoms with van der Waals surface area (Å²) < 4.78 is 28.7. The number of halogens is 1. The Morgan fingerprint density at radius 3 is 2.15 bits per heavy atom. The van der Waals surface area contributed by atoms with Crippen LogP contribution in [0.25, 0.3) is 0 Å². The quantitative estimate of drug-likeness (QED) is 0.331. The van der Waals surface area contributed by atoms with Crippen LogP contribution in [0.2, 0.25) is 5.02 Å². The van der Waals surface area contributed by atoms with Gasteiger partial charge in [0.25, 0.3) is 10.0 Å². The summed E-state index contributed by atoms with van der Waals surface area (Å²) in [5.41, 5.74) is 3.15. The third kappa shape index (κ3) is 7.83. The molecule has 39 heavy (non-hydrogen) atoms. The Hall–Kier alpha value is -3.36. The lowest BCUT2D eigenvalue weighted by atomic mass is 10.1. The largest absolute Gasteiger partial charge is 0.352 e. The highest BCUT2D eigenvalue weighted by Gasteiger charge is 2.32. The summed E-state index contributed by atoms with van der Waals surface area (Å²) in [6, 6.07) is 19.5. The zero-order valence-corrected chi connectivity index (χ0v) is 24.6. The van der Waals surface area contributed by atoms with Gasteiger partial charge >= 0.3 is 0 Å². The second-order valence-corrected chi connectivity index (χ2v) is 12.1. The van der Waals surface area contributed by atoms with E-state index in [1.807, 2.05) is 52.0 Å². The first-order valence-corrected chi connectivity index (χ1v) is 14.7. The van der Waals surface area contributed by atoms with Gasteiger partial charge in [-0.3, -0.25) is 13.9 Å². The van der Waals surface area contributed by atoms with Crippen molar-refractivity contribution in [3.8, 4) is 0 Å². The molecule has 208 valence electrons. The predicted molar refractivity (Wildman–Crippen MR) is 156 cm³/mol. The molecule has 2 amide bonds. The van der Waals surface area contributed by atoms with Gasteiger partial charge in [-0.25, -0.2) is 8.42 Å². The van der Waals surface area contributed by atoms with Gasteiger partial charge in [0, 0.05) is 17.6 Å². The van der Waals surface area contributed by atoms with Crippen molar-refractivity contribution in [2.45, 2.75) is 64.6 Å². The minimum absolute atomic E-state index is 0.00747. The topological polar surface area (TPSA) is 86.8 Å². The summed E-state index contributed by atoms with van der Waals surface area (Å²) in [5.74, 6) is -0.797. The van der Waals surface area contributed by atoms with E-state index in [1.165, 1.54) is 29.2 Å². The summed E-state index contributed by atoms with van der Waals surface area (Å²) in [7, 11) is -4.13. The van der Waals surface area contributed by atoms with E-state index in [2.05, 4.69) is 5.32 Å². The number of aryl methyl sites for hydroxylation is 2. The smallest absolute Gasteiger partial charge is 0.264 e. The number of hydrogen-bond acceptors (Lipinski definition) is 4. The van der Waals surface area contributed by atoms with E-state index in [-0.39, 0.29) is 23.4 Å². The van der Waals surface area contributed by atoms with Crippen molar-refractivity contribution in [3.63, 3.8) is 0 Å². The number of nitrogens with zero attached hydrogens (tertiary/aromatic N) is 2. The maximum absolute atomic E-state index is 13.9. The number of amides is 2. The van der Waals surface area contributed by atoms with Gasteiger partial charge in [0.1, 0.15) is 12.6 Å². The summed E-state index contributed by atoms with van der Waals surface area (Å²) in [4.78, 5) is 28.5. The van der Waals surface area contributed by atoms with Gasteiger partial charge in [-0.1, -0.05) is 66.0 Å². The van der Waals surface area contributed by atoms with Crippen LogP contribution in [0.1, 0.15) is 43.9 Å². The van der Waals surface area contributed by atoms with Crippen molar-refractivity contribution in [1.29, 1.82) is 0 Å². The molecule has 0 aliphatic carbocycles. The van der Waals surface area contributed by atoms with E-state index in [9.17, 15) is 18.0 Å². The van der Waals surface area contributed by atoms with Crippen LogP contribution in [-0.4, -0.2) is 43.8 Å². The Morgan fingerprint density at radius 2 is 1.56 bits per heavy atom. The maximum Gasteiger partial charge on any atom is 0.264 e. The maximum atomic E-state index is 13.9. The molecular weight excluding hydrogens is 534 g/mol. The van der Waals surface area contributed by atoms with Gasteiger partial charge in [0.05, 0.1) is 10.6 Å². The molecule has 0 bridgehead atoms. The molecule has 0 spiro atoms. The lowest BCUT2D eigenvalue weighted by Crippen LogP contribution is -2.52. The average Bonchev–Trinajstić information content (AvgIpc) is 2.90. The first kappa shape index (κ1) is 30.2. The van der Waals surface area contributed by atoms with Gasteiger partial charge in [-0.15, -0.1) is 0 Å². The third-order valence-corrected chi connectivity index (χ3v) is 8.65. The fourth-order valence-corrected chi connectivity index (χ4v) is 5.57. The second-order valence-electron chi connectivity index (χ2n) is 9.81. The van der Waals surface area contributed by atoms with E-state index >= 15 is 0 Å². The first-order chi connectivity index (χ1) is 18.4. The van der Waals surface area contributed by atoms with Crippen LogP contribution < -0.4 is 9.62 Å². The van der Waals surface area contributed by atoms with Crippen LogP contribution in [0, 0.1) is 13.8 Å². The monoisotopic (exact) mass is 569 g/mol. The third-order valence-electron chi connectivity index (χ3n) is 6.61. The fraction of sp³-hybridized carbons (Fsp3) is 0.333. The van der Waals surface area contributed by atoms with E-state index in [0.29, 0.717) is 10.7 Å². The van der Waals surface area contributed by atoms with E-state index < -0.39 is 28.5 Å². The van der Waals surface area contributed by atoms with Gasteiger partial charge in [-0.2, -0.15) is 0 Å². The van der Waals surface area contributed by atoms with E-state index in [1.54, 1.807) is 31.2 Å². The molecule has 0 unspecified atom stereocenters. The van der Waals surface area contributed by atoms with Crippen LogP contribution in [-0.2, 0) is 26.2 Å². The number of carbonyl (C=O) groups is 2. The fourth-order valence-electron chi connectivity index (χ4n) is 4.03. The number of carbonyl (C=O) groups excluding carboxylic acids is 2. The molecule has 0 aliphatic rings. The summed E-state index contributed by atoms with van der Waals surface area (Å²) in [6.45, 7) is 9.04. The number of sulfonamides is 1. The van der Waals surface area contributed by atoms with Crippen molar-refractivity contribution >= 4 is 39.1 Å². The van der Waals surface area contributed by atoms with Crippen molar-refractivity contribution in [1.82, 2.24) is 10.2 Å². The van der Waals surface area contributed by atoms with Crippen LogP contribution in [0.15, 0.2) is 77.7 Å². The zero-order valence-electron chi connectivity index (χ0n) is 23.0. The van der Waals surface area contributed by atoms with E-state index in [4.69, 9.17) is 11.6 Å². The van der Waals surface area contributed by atoms with Gasteiger partial charge in [0.2, 0.25) is 11.8 Å². The molecule has 3 rings (SSSR count). The number of benzene rings is 3. The lowest BCUT2D eigenvalue weighted by molar-refractivity contribution is -0.139. The highest BCUT2D eigenvalue weighted by Crippen LogP contribution is 2.26. The predicted octanol–water partition coefficient (Wildman–Crippen LogP) is 5.48. The van der Waals surface area contributed by atoms with Crippen molar-refractivity contribution < 1.29 is 18.0 Å². The molecule has 7 nitrogen and oxygen atoms in total. The second kappa shape index (κ2) is 13.1. The van der Waals surface area contributed by atoms with Crippen molar-refractivity contribution in [2.75, 3.05) is 10.8 Å². The molecule has 0 fully saturated rings. The molecule has 1 N–H and O–H groups in total. The number of anilines is 1. The molecule has 0 radical (unpaired) electrons. The van der Waals surface area contributed by atoms with Gasteiger partial charge in [0.15, 0.2) is 0 Å². The van der Waals surface area contributed by atoms with Crippen molar-refractivity contribution in [3.05, 3.63) is 94.5 Å². The summed E-state index contributed by atoms with van der Waals surface area (Å²) >= 11 is 5.99. The summed E-state index contributed by atoms with van der Waals surface area (Å²) in [5, 5.41) is 3.34. The van der Waals surface area contributed by atoms with Gasteiger partial charge < -0.3 is 10.2 Å². The Morgan fingerprint density at radius 1 is 0.923 bits per heavy atom. The van der Waals surface area contributed by atoms with Crippen LogP contribution in [0.5, 0.6) is 0 Å². The van der Waals surface area contributed by atoms with Gasteiger partial charge in [-0.05, 0) is 76.1 Å². The molecule has 9 heteroatoms. The molecule has 0 saturated carbocycles. The standard InChI is InChI=1S/C30H36ClN3O4S/c1-6-23(4)32-30(36)24(5)33(19-25-9-7-8-22(3)18-25)29(35)20-34(27-14-10-21(2)11-15-27)39(37,38)28-16-12-26(31)13-17-28/h7-18,23-24H,6,19-20H2,1-5H3,(H,32,36)/t23-,24+/m0/s1. The lowest BCUT2D eigenvalue weighted by Gasteiger charge is -2.32. The Kier molecular flexibility index (Phi) is 10.2. The normalized spacial score (nSPS) is 12.9. The number of nitrogens with one attached hydrogen (secondary N) is 1. The minimum atomic E-state index is -4.13. The van der Waals surface area contributed by atoms with Crippen molar-refractivity contribution in [2.24, 2.45) is 0 Å². The highest BCUT2D eigenvalue weighted by molar-refractivity contribution is 7.92. The molecular formula is C30H36ClN3O4S. The molecule has 3 aromatic rings. The Balaban J connectivity index is 2.02. The Bertz CT molecular complexity index is 1390. The molecule has 0 aliphatic heterocycles. The molecule has 3 aromatic carbocycles. The van der Waals surface area contributed by atoms with Crippen LogP contribution in [0.3, 0.4) is 0 Å². The highest BCUT2D eigenvalue weighted by atomic mass is 35.5. The Labute approximate surface area is 236 Å². The molecule has 0 saturated heterocycles. The minimum Gasteiger partial charge on any atom is -0.352 e. The SMILES string of the molecule is CC[C@H](C)NC(=O)[C@@H](C)N(Cc1cccc(C)c1)C(=O)CN(c1ccc(C)cc1)S(=O)(=O)c1ccc(Cl)cc1. The van der Waals surface area contributed by atoms with Crippen LogP contribution >= 0.6 is 11.6 Å². The first-order valence-electron chi connectivity index (χ1n) is 12.9. The number of rotatable bonds is 11. The molecule has 0 aromatic heterocycles. The number of hydrogen-bond donors (Lipinski definition) is 1.